The lowest BCUT2D eigenvalue weighted by molar-refractivity contribution is -0.145. The highest BCUT2D eigenvalue weighted by molar-refractivity contribution is 5.87. The van der Waals surface area contributed by atoms with E-state index in [1.807, 2.05) is 23.1 Å². The molecule has 2 aliphatic heterocycles. The van der Waals surface area contributed by atoms with E-state index in [1.165, 1.54) is 0 Å². The SMILES string of the molecule is COc1ccc(OC)c([C@H]2CCCN2C(=O)[C@@H]2CCN(C)C(=O)C2)c1. The molecule has 136 valence electrons. The number of carbonyl (C=O) groups is 2. The maximum Gasteiger partial charge on any atom is 0.226 e. The largest absolute Gasteiger partial charge is 0.497 e. The van der Waals surface area contributed by atoms with Gasteiger partial charge in [-0.15, -0.1) is 0 Å². The number of carbonyl (C=O) groups excluding carboxylic acids is 2. The molecule has 0 bridgehead atoms. The van der Waals surface area contributed by atoms with E-state index in [9.17, 15) is 9.59 Å². The predicted octanol–water partition coefficient (Wildman–Crippen LogP) is 2.24. The first kappa shape index (κ1) is 17.6. The van der Waals surface area contributed by atoms with Gasteiger partial charge in [-0.3, -0.25) is 9.59 Å². The Morgan fingerprint density at radius 2 is 1.96 bits per heavy atom. The molecule has 3 rings (SSSR count). The molecule has 1 aromatic carbocycles. The molecule has 0 aromatic heterocycles. The molecule has 2 fully saturated rings. The molecule has 0 unspecified atom stereocenters. The van der Waals surface area contributed by atoms with Crippen LogP contribution in [0.4, 0.5) is 0 Å². The van der Waals surface area contributed by atoms with E-state index in [-0.39, 0.29) is 23.8 Å². The van der Waals surface area contributed by atoms with Crippen molar-refractivity contribution < 1.29 is 19.1 Å². The lowest BCUT2D eigenvalue weighted by Gasteiger charge is -2.33. The second-order valence-electron chi connectivity index (χ2n) is 6.80. The summed E-state index contributed by atoms with van der Waals surface area (Å²) in [6.45, 7) is 1.38. The van der Waals surface area contributed by atoms with Crippen LogP contribution in [-0.2, 0) is 9.59 Å². The topological polar surface area (TPSA) is 59.1 Å². The predicted molar refractivity (Wildman–Crippen MR) is 93.6 cm³/mol. The van der Waals surface area contributed by atoms with Crippen molar-refractivity contribution in [3.05, 3.63) is 23.8 Å². The maximum atomic E-state index is 13.1. The van der Waals surface area contributed by atoms with E-state index in [2.05, 4.69) is 0 Å². The van der Waals surface area contributed by atoms with Crippen molar-refractivity contribution in [3.8, 4) is 11.5 Å². The number of amides is 2. The van der Waals surface area contributed by atoms with Crippen LogP contribution >= 0.6 is 0 Å². The summed E-state index contributed by atoms with van der Waals surface area (Å²) in [6, 6.07) is 5.68. The molecule has 2 aliphatic rings. The molecule has 0 aliphatic carbocycles. The zero-order valence-corrected chi connectivity index (χ0v) is 15.2. The monoisotopic (exact) mass is 346 g/mol. The van der Waals surface area contributed by atoms with Crippen LogP contribution < -0.4 is 9.47 Å². The van der Waals surface area contributed by atoms with Crippen LogP contribution in [0.25, 0.3) is 0 Å². The number of likely N-dealkylation sites (tertiary alicyclic amines) is 2. The summed E-state index contributed by atoms with van der Waals surface area (Å²) in [5.74, 6) is 1.46. The quantitative estimate of drug-likeness (QED) is 0.839. The molecule has 0 spiro atoms. The van der Waals surface area contributed by atoms with Gasteiger partial charge in [-0.2, -0.15) is 0 Å². The van der Waals surface area contributed by atoms with E-state index in [4.69, 9.17) is 9.47 Å². The Morgan fingerprint density at radius 3 is 2.64 bits per heavy atom. The van der Waals surface area contributed by atoms with Gasteiger partial charge in [-0.25, -0.2) is 0 Å². The van der Waals surface area contributed by atoms with Gasteiger partial charge >= 0.3 is 0 Å². The number of benzene rings is 1. The molecule has 2 saturated heterocycles. The van der Waals surface area contributed by atoms with Crippen molar-refractivity contribution in [2.75, 3.05) is 34.4 Å². The fourth-order valence-electron chi connectivity index (χ4n) is 3.84. The Balaban J connectivity index is 1.83. The Hall–Kier alpha value is -2.24. The van der Waals surface area contributed by atoms with Crippen molar-refractivity contribution in [2.45, 2.75) is 31.7 Å². The molecular formula is C19H26N2O4. The third-order valence-electron chi connectivity index (χ3n) is 5.34. The molecule has 2 amide bonds. The lowest BCUT2D eigenvalue weighted by atomic mass is 9.94. The molecular weight excluding hydrogens is 320 g/mol. The zero-order valence-electron chi connectivity index (χ0n) is 15.2. The number of hydrogen-bond acceptors (Lipinski definition) is 4. The van der Waals surface area contributed by atoms with Gasteiger partial charge in [0.15, 0.2) is 0 Å². The molecule has 0 N–H and O–H groups in total. The zero-order chi connectivity index (χ0) is 18.0. The van der Waals surface area contributed by atoms with Crippen molar-refractivity contribution in [3.63, 3.8) is 0 Å². The molecule has 25 heavy (non-hydrogen) atoms. The van der Waals surface area contributed by atoms with Crippen LogP contribution in [0, 0.1) is 5.92 Å². The van der Waals surface area contributed by atoms with Crippen LogP contribution in [0.1, 0.15) is 37.3 Å². The van der Waals surface area contributed by atoms with Crippen LogP contribution in [-0.4, -0.2) is 56.0 Å². The third kappa shape index (κ3) is 3.43. The first-order valence-corrected chi connectivity index (χ1v) is 8.81. The van der Waals surface area contributed by atoms with E-state index >= 15 is 0 Å². The minimum atomic E-state index is -0.207. The third-order valence-corrected chi connectivity index (χ3v) is 5.34. The van der Waals surface area contributed by atoms with E-state index in [0.29, 0.717) is 13.0 Å². The summed E-state index contributed by atoms with van der Waals surface area (Å²) in [4.78, 5) is 28.7. The van der Waals surface area contributed by atoms with Gasteiger partial charge in [0.2, 0.25) is 11.8 Å². The summed E-state index contributed by atoms with van der Waals surface area (Å²) in [7, 11) is 5.07. The molecule has 0 radical (unpaired) electrons. The van der Waals surface area contributed by atoms with E-state index < -0.39 is 0 Å². The van der Waals surface area contributed by atoms with Gasteiger partial charge in [-0.1, -0.05) is 0 Å². The first-order chi connectivity index (χ1) is 12.0. The number of hydrogen-bond donors (Lipinski definition) is 0. The second-order valence-corrected chi connectivity index (χ2v) is 6.80. The normalized spacial score (nSPS) is 23.7. The highest BCUT2D eigenvalue weighted by Crippen LogP contribution is 2.40. The minimum absolute atomic E-state index is 0.0210. The molecule has 6 heteroatoms. The maximum absolute atomic E-state index is 13.1. The molecule has 0 saturated carbocycles. The highest BCUT2D eigenvalue weighted by atomic mass is 16.5. The average molecular weight is 346 g/mol. The smallest absolute Gasteiger partial charge is 0.226 e. The molecule has 2 heterocycles. The number of ether oxygens (including phenoxy) is 2. The molecule has 2 atom stereocenters. The van der Waals surface area contributed by atoms with Crippen LogP contribution in [0.2, 0.25) is 0 Å². The standard InChI is InChI=1S/C19H26N2O4/c1-20-10-8-13(11-18(20)22)19(23)21-9-4-5-16(21)15-12-14(24-2)6-7-17(15)25-3/h6-7,12-13,16H,4-5,8-11H2,1-3H3/t13-,16-/m1/s1. The Kier molecular flexibility index (Phi) is 5.16. The lowest BCUT2D eigenvalue weighted by Crippen LogP contribution is -2.43. The van der Waals surface area contributed by atoms with Crippen LogP contribution in [0.15, 0.2) is 18.2 Å². The van der Waals surface area contributed by atoms with E-state index in [0.717, 1.165) is 42.9 Å². The van der Waals surface area contributed by atoms with Gasteiger partial charge in [0.1, 0.15) is 11.5 Å². The summed E-state index contributed by atoms with van der Waals surface area (Å²) in [5, 5.41) is 0. The van der Waals surface area contributed by atoms with E-state index in [1.54, 1.807) is 26.2 Å². The van der Waals surface area contributed by atoms with Gasteiger partial charge < -0.3 is 19.3 Å². The van der Waals surface area contributed by atoms with Crippen LogP contribution in [0.5, 0.6) is 11.5 Å². The summed E-state index contributed by atoms with van der Waals surface area (Å²) in [5.41, 5.74) is 0.979. The van der Waals surface area contributed by atoms with Gasteiger partial charge in [0, 0.05) is 38.0 Å². The molecule has 6 nitrogen and oxygen atoms in total. The number of rotatable bonds is 4. The summed E-state index contributed by atoms with van der Waals surface area (Å²) in [6.07, 6.45) is 2.90. The first-order valence-electron chi connectivity index (χ1n) is 8.81. The van der Waals surface area contributed by atoms with Crippen molar-refractivity contribution in [1.29, 1.82) is 0 Å². The van der Waals surface area contributed by atoms with Crippen LogP contribution in [0.3, 0.4) is 0 Å². The second kappa shape index (κ2) is 7.33. The number of methoxy groups -OCH3 is 2. The average Bonchev–Trinajstić information content (AvgIpc) is 3.12. The minimum Gasteiger partial charge on any atom is -0.497 e. The fourth-order valence-corrected chi connectivity index (χ4v) is 3.84. The van der Waals surface area contributed by atoms with Gasteiger partial charge in [0.25, 0.3) is 0 Å². The van der Waals surface area contributed by atoms with Gasteiger partial charge in [-0.05, 0) is 37.5 Å². The number of nitrogens with zero attached hydrogens (tertiary/aromatic N) is 2. The number of piperidine rings is 1. The van der Waals surface area contributed by atoms with Crippen molar-refractivity contribution >= 4 is 11.8 Å². The summed E-state index contributed by atoms with van der Waals surface area (Å²) < 4.78 is 10.9. The fraction of sp³-hybridized carbons (Fsp3) is 0.579. The van der Waals surface area contributed by atoms with Gasteiger partial charge in [0.05, 0.1) is 20.3 Å². The Morgan fingerprint density at radius 1 is 1.16 bits per heavy atom. The molecule has 1 aromatic rings. The summed E-state index contributed by atoms with van der Waals surface area (Å²) >= 11 is 0. The Labute approximate surface area is 148 Å². The van der Waals surface area contributed by atoms with Crippen molar-refractivity contribution in [2.24, 2.45) is 5.92 Å². The highest BCUT2D eigenvalue weighted by Gasteiger charge is 2.38. The Bertz CT molecular complexity index is 661. The van der Waals surface area contributed by atoms with Crippen molar-refractivity contribution in [1.82, 2.24) is 9.80 Å².